The predicted molar refractivity (Wildman–Crippen MR) is 105 cm³/mol. The van der Waals surface area contributed by atoms with Crippen molar-refractivity contribution in [1.82, 2.24) is 5.43 Å². The maximum absolute atomic E-state index is 12.1. The van der Waals surface area contributed by atoms with Gasteiger partial charge >= 0.3 is 0 Å². The maximum atomic E-state index is 12.1. The summed E-state index contributed by atoms with van der Waals surface area (Å²) >= 11 is 0. The summed E-state index contributed by atoms with van der Waals surface area (Å²) < 4.78 is 0. The molecule has 1 amide bonds. The summed E-state index contributed by atoms with van der Waals surface area (Å²) in [7, 11) is 0. The molecule has 0 bridgehead atoms. The van der Waals surface area contributed by atoms with Crippen LogP contribution in [0.25, 0.3) is 0 Å². The first-order chi connectivity index (χ1) is 13.1. The Hall–Kier alpha value is -3.80. The molecular weight excluding hydrogens is 342 g/mol. The second-order valence-electron chi connectivity index (χ2n) is 5.82. The number of hydrazone groups is 1. The number of amides is 1. The zero-order valence-corrected chi connectivity index (χ0v) is 14.5. The van der Waals surface area contributed by atoms with Gasteiger partial charge in [-0.15, -0.1) is 0 Å². The monoisotopic (exact) mass is 361 g/mol. The van der Waals surface area contributed by atoms with Gasteiger partial charge in [0.25, 0.3) is 5.91 Å². The molecule has 0 aliphatic rings. The highest BCUT2D eigenvalue weighted by molar-refractivity contribution is 5.95. The fourth-order valence-electron chi connectivity index (χ4n) is 2.42. The molecule has 6 heteroatoms. The van der Waals surface area contributed by atoms with Gasteiger partial charge in [0.2, 0.25) is 0 Å². The molecule has 0 aromatic heterocycles. The van der Waals surface area contributed by atoms with Gasteiger partial charge in [-0.3, -0.25) is 4.79 Å². The molecule has 0 fully saturated rings. The number of phenols is 2. The number of nitrogens with zero attached hydrogens (tertiary/aromatic N) is 1. The topological polar surface area (TPSA) is 94.0 Å². The Kier molecular flexibility index (Phi) is 5.69. The van der Waals surface area contributed by atoms with Gasteiger partial charge in [-0.25, -0.2) is 5.43 Å². The van der Waals surface area contributed by atoms with Crippen molar-refractivity contribution in [2.24, 2.45) is 5.10 Å². The van der Waals surface area contributed by atoms with E-state index in [9.17, 15) is 15.0 Å². The minimum absolute atomic E-state index is 0.0929. The lowest BCUT2D eigenvalue weighted by molar-refractivity contribution is 0.0955. The molecule has 27 heavy (non-hydrogen) atoms. The number of carbonyl (C=O) groups excluding carboxylic acids is 1. The molecule has 0 heterocycles. The second kappa shape index (κ2) is 8.53. The Morgan fingerprint density at radius 2 is 1.56 bits per heavy atom. The number of aromatic hydroxyl groups is 2. The smallest absolute Gasteiger partial charge is 0.271 e. The van der Waals surface area contributed by atoms with Crippen molar-refractivity contribution in [2.75, 3.05) is 5.32 Å². The van der Waals surface area contributed by atoms with Gasteiger partial charge in [-0.2, -0.15) is 5.10 Å². The second-order valence-corrected chi connectivity index (χ2v) is 5.82. The van der Waals surface area contributed by atoms with Crippen LogP contribution in [0.1, 0.15) is 21.5 Å². The third kappa shape index (κ3) is 4.85. The van der Waals surface area contributed by atoms with Crippen molar-refractivity contribution < 1.29 is 15.0 Å². The molecule has 0 aliphatic heterocycles. The predicted octanol–water partition coefficient (Wildman–Crippen LogP) is 3.47. The number of nitrogens with one attached hydrogen (secondary N) is 2. The van der Waals surface area contributed by atoms with Crippen LogP contribution in [-0.2, 0) is 6.54 Å². The first kappa shape index (κ1) is 18.0. The molecule has 4 N–H and O–H groups in total. The van der Waals surface area contributed by atoms with Crippen molar-refractivity contribution in [3.05, 3.63) is 89.5 Å². The Balaban J connectivity index is 1.56. The molecule has 3 rings (SSSR count). The third-order valence-electron chi connectivity index (χ3n) is 3.93. The van der Waals surface area contributed by atoms with Crippen LogP contribution in [0.4, 0.5) is 5.69 Å². The average molecular weight is 361 g/mol. The summed E-state index contributed by atoms with van der Waals surface area (Å²) in [4.78, 5) is 12.1. The number of carbonyl (C=O) groups is 1. The van der Waals surface area contributed by atoms with E-state index < -0.39 is 0 Å². The lowest BCUT2D eigenvalue weighted by Gasteiger charge is -2.08. The minimum Gasteiger partial charge on any atom is -0.508 e. The van der Waals surface area contributed by atoms with Gasteiger partial charge in [0.15, 0.2) is 0 Å². The number of rotatable bonds is 6. The van der Waals surface area contributed by atoms with Crippen LogP contribution >= 0.6 is 0 Å². The summed E-state index contributed by atoms with van der Waals surface area (Å²) in [5.41, 5.74) is 5.01. The minimum atomic E-state index is -0.353. The summed E-state index contributed by atoms with van der Waals surface area (Å²) in [5.74, 6) is -0.0207. The molecule has 0 saturated heterocycles. The molecular formula is C21H19N3O3. The number of hydrogen-bond donors (Lipinski definition) is 4. The molecule has 3 aromatic carbocycles. The maximum Gasteiger partial charge on any atom is 0.271 e. The first-order valence-corrected chi connectivity index (χ1v) is 8.35. The molecule has 0 radical (unpaired) electrons. The van der Waals surface area contributed by atoms with E-state index in [4.69, 9.17) is 0 Å². The van der Waals surface area contributed by atoms with Crippen LogP contribution < -0.4 is 10.7 Å². The number of benzene rings is 3. The van der Waals surface area contributed by atoms with E-state index in [1.54, 1.807) is 60.7 Å². The highest BCUT2D eigenvalue weighted by Gasteiger charge is 2.05. The fourth-order valence-corrected chi connectivity index (χ4v) is 2.42. The molecule has 0 atom stereocenters. The van der Waals surface area contributed by atoms with E-state index in [2.05, 4.69) is 15.8 Å². The van der Waals surface area contributed by atoms with Crippen LogP contribution in [-0.4, -0.2) is 22.3 Å². The lowest BCUT2D eigenvalue weighted by atomic mass is 10.1. The lowest BCUT2D eigenvalue weighted by Crippen LogP contribution is -2.17. The van der Waals surface area contributed by atoms with Crippen molar-refractivity contribution in [1.29, 1.82) is 0 Å². The van der Waals surface area contributed by atoms with Crippen LogP contribution in [0.5, 0.6) is 11.5 Å². The zero-order valence-electron chi connectivity index (χ0n) is 14.5. The molecule has 0 aliphatic carbocycles. The van der Waals surface area contributed by atoms with E-state index in [0.29, 0.717) is 17.7 Å². The zero-order chi connectivity index (χ0) is 19.1. The molecule has 0 spiro atoms. The molecule has 0 unspecified atom stereocenters. The number of para-hydroxylation sites is 2. The first-order valence-electron chi connectivity index (χ1n) is 8.35. The highest BCUT2D eigenvalue weighted by atomic mass is 16.3. The number of hydrogen-bond acceptors (Lipinski definition) is 5. The highest BCUT2D eigenvalue weighted by Crippen LogP contribution is 2.18. The van der Waals surface area contributed by atoms with Gasteiger partial charge in [0.1, 0.15) is 11.5 Å². The quantitative estimate of drug-likeness (QED) is 0.399. The summed E-state index contributed by atoms with van der Waals surface area (Å²) in [6, 6.07) is 20.7. The van der Waals surface area contributed by atoms with Crippen molar-refractivity contribution in [3.8, 4) is 11.5 Å². The van der Waals surface area contributed by atoms with Crippen molar-refractivity contribution >= 4 is 17.8 Å². The third-order valence-corrected chi connectivity index (χ3v) is 3.93. The van der Waals surface area contributed by atoms with Gasteiger partial charge in [0.05, 0.1) is 6.21 Å². The van der Waals surface area contributed by atoms with Gasteiger partial charge in [0, 0.05) is 28.9 Å². The van der Waals surface area contributed by atoms with Crippen LogP contribution in [0.2, 0.25) is 0 Å². The molecule has 0 saturated carbocycles. The Morgan fingerprint density at radius 1 is 0.889 bits per heavy atom. The average Bonchev–Trinajstić information content (AvgIpc) is 2.69. The molecule has 6 nitrogen and oxygen atoms in total. The Labute approximate surface area is 156 Å². The van der Waals surface area contributed by atoms with Gasteiger partial charge in [-0.1, -0.05) is 30.3 Å². The van der Waals surface area contributed by atoms with E-state index in [1.165, 1.54) is 6.21 Å². The Morgan fingerprint density at radius 3 is 2.26 bits per heavy atom. The molecule has 3 aromatic rings. The standard InChI is InChI=1S/C21H19N3O3/c25-19-7-3-1-5-16(19)13-22-18-11-9-15(10-12-18)21(27)24-23-14-17-6-2-4-8-20(17)26/h1-12,14,22,25-26H,13H2,(H,24,27). The van der Waals surface area contributed by atoms with Crippen LogP contribution in [0.3, 0.4) is 0 Å². The largest absolute Gasteiger partial charge is 0.508 e. The van der Waals surface area contributed by atoms with Crippen LogP contribution in [0.15, 0.2) is 77.9 Å². The van der Waals surface area contributed by atoms with E-state index >= 15 is 0 Å². The number of anilines is 1. The van der Waals surface area contributed by atoms with Gasteiger partial charge in [-0.05, 0) is 42.5 Å². The van der Waals surface area contributed by atoms with Gasteiger partial charge < -0.3 is 15.5 Å². The van der Waals surface area contributed by atoms with E-state index in [1.807, 2.05) is 12.1 Å². The number of phenolic OH excluding ortho intramolecular Hbond substituents is 2. The summed E-state index contributed by atoms with van der Waals surface area (Å²) in [5, 5.41) is 26.5. The van der Waals surface area contributed by atoms with E-state index in [0.717, 1.165) is 11.3 Å². The Bertz CT molecular complexity index is 953. The molecule has 136 valence electrons. The van der Waals surface area contributed by atoms with E-state index in [-0.39, 0.29) is 17.4 Å². The van der Waals surface area contributed by atoms with Crippen molar-refractivity contribution in [2.45, 2.75) is 6.54 Å². The summed E-state index contributed by atoms with van der Waals surface area (Å²) in [6.45, 7) is 0.475. The summed E-state index contributed by atoms with van der Waals surface area (Å²) in [6.07, 6.45) is 1.38. The SMILES string of the molecule is O=C(NN=Cc1ccccc1O)c1ccc(NCc2ccccc2O)cc1. The normalized spacial score (nSPS) is 10.7. The van der Waals surface area contributed by atoms with Crippen molar-refractivity contribution in [3.63, 3.8) is 0 Å². The van der Waals surface area contributed by atoms with Crippen LogP contribution in [0, 0.1) is 0 Å². The fraction of sp³-hybridized carbons (Fsp3) is 0.0476.